The molecule has 3 atom stereocenters. The number of aryl methyl sites for hydroxylation is 2. The maximum Gasteiger partial charge on any atom is 0.106 e. The molecule has 0 aromatic carbocycles. The standard InChI is InChI=1S/C17H29N3O/c1-4-16-18-12(3)15(19-16)11-20-9-13-7-6-8-17(21,5-2)14(13)10-20/h13-14,21H,4-11H2,1-3H3,(H,18,19)/t13-,14+,17-/m1/s1. The molecule has 1 saturated heterocycles. The molecule has 2 fully saturated rings. The molecule has 0 amide bonds. The van der Waals surface area contributed by atoms with E-state index in [0.717, 1.165) is 44.7 Å². The van der Waals surface area contributed by atoms with Crippen molar-refractivity contribution < 1.29 is 5.11 Å². The summed E-state index contributed by atoms with van der Waals surface area (Å²) in [6.45, 7) is 9.47. The number of rotatable bonds is 4. The van der Waals surface area contributed by atoms with Crippen molar-refractivity contribution in [3.8, 4) is 0 Å². The molecule has 4 nitrogen and oxygen atoms in total. The van der Waals surface area contributed by atoms with Gasteiger partial charge < -0.3 is 10.1 Å². The van der Waals surface area contributed by atoms with Gasteiger partial charge in [0.15, 0.2) is 0 Å². The normalized spacial score (nSPS) is 33.3. The van der Waals surface area contributed by atoms with Crippen LogP contribution in [0, 0.1) is 18.8 Å². The van der Waals surface area contributed by atoms with E-state index in [2.05, 4.69) is 30.7 Å². The van der Waals surface area contributed by atoms with Gasteiger partial charge in [-0.2, -0.15) is 0 Å². The Hall–Kier alpha value is -0.870. The summed E-state index contributed by atoms with van der Waals surface area (Å²) >= 11 is 0. The number of imidazole rings is 1. The molecule has 118 valence electrons. The van der Waals surface area contributed by atoms with Crippen molar-refractivity contribution in [3.63, 3.8) is 0 Å². The second-order valence-corrected chi connectivity index (χ2v) is 7.02. The zero-order valence-corrected chi connectivity index (χ0v) is 13.7. The second kappa shape index (κ2) is 5.73. The molecule has 0 bridgehead atoms. The molecular formula is C17H29N3O. The molecule has 2 heterocycles. The molecular weight excluding hydrogens is 262 g/mol. The minimum Gasteiger partial charge on any atom is -0.390 e. The number of likely N-dealkylation sites (tertiary alicyclic amines) is 1. The Labute approximate surface area is 128 Å². The molecule has 2 N–H and O–H groups in total. The minimum atomic E-state index is -0.424. The Morgan fingerprint density at radius 2 is 2.19 bits per heavy atom. The number of hydrogen-bond donors (Lipinski definition) is 2. The van der Waals surface area contributed by atoms with Crippen LogP contribution in [0.3, 0.4) is 0 Å². The Kier molecular flexibility index (Phi) is 4.10. The average molecular weight is 291 g/mol. The third-order valence-electron chi connectivity index (χ3n) is 5.75. The number of fused-ring (bicyclic) bond motifs is 1. The van der Waals surface area contributed by atoms with E-state index in [0.29, 0.717) is 11.8 Å². The van der Waals surface area contributed by atoms with Crippen molar-refractivity contribution in [2.75, 3.05) is 13.1 Å². The van der Waals surface area contributed by atoms with Crippen molar-refractivity contribution in [2.24, 2.45) is 11.8 Å². The van der Waals surface area contributed by atoms with Gasteiger partial charge in [-0.05, 0) is 32.1 Å². The van der Waals surface area contributed by atoms with Gasteiger partial charge >= 0.3 is 0 Å². The van der Waals surface area contributed by atoms with Crippen LogP contribution in [0.4, 0.5) is 0 Å². The Morgan fingerprint density at radius 1 is 1.38 bits per heavy atom. The highest BCUT2D eigenvalue weighted by atomic mass is 16.3. The number of aliphatic hydroxyl groups is 1. The van der Waals surface area contributed by atoms with Crippen LogP contribution in [-0.4, -0.2) is 38.7 Å². The highest BCUT2D eigenvalue weighted by Gasteiger charge is 2.47. The smallest absolute Gasteiger partial charge is 0.106 e. The van der Waals surface area contributed by atoms with E-state index in [-0.39, 0.29) is 0 Å². The molecule has 1 aliphatic heterocycles. The highest BCUT2D eigenvalue weighted by Crippen LogP contribution is 2.44. The third kappa shape index (κ3) is 2.76. The lowest BCUT2D eigenvalue weighted by atomic mass is 9.69. The Morgan fingerprint density at radius 3 is 2.86 bits per heavy atom. The topological polar surface area (TPSA) is 52.1 Å². The van der Waals surface area contributed by atoms with Crippen LogP contribution >= 0.6 is 0 Å². The molecule has 0 spiro atoms. The minimum absolute atomic E-state index is 0.424. The fraction of sp³-hybridized carbons (Fsp3) is 0.824. The number of hydrogen-bond acceptors (Lipinski definition) is 3. The predicted octanol–water partition coefficient (Wildman–Crippen LogP) is 2.65. The van der Waals surface area contributed by atoms with Crippen molar-refractivity contribution in [1.29, 1.82) is 0 Å². The number of nitrogens with zero attached hydrogens (tertiary/aromatic N) is 2. The van der Waals surface area contributed by atoms with Crippen LogP contribution in [0.1, 0.15) is 56.7 Å². The summed E-state index contributed by atoms with van der Waals surface area (Å²) < 4.78 is 0. The zero-order chi connectivity index (χ0) is 15.0. The van der Waals surface area contributed by atoms with Gasteiger partial charge in [-0.15, -0.1) is 0 Å². The van der Waals surface area contributed by atoms with Crippen molar-refractivity contribution in [3.05, 3.63) is 17.2 Å². The molecule has 21 heavy (non-hydrogen) atoms. The van der Waals surface area contributed by atoms with Gasteiger partial charge in [0, 0.05) is 37.7 Å². The Balaban J connectivity index is 1.70. The van der Waals surface area contributed by atoms with Gasteiger partial charge in [-0.3, -0.25) is 4.90 Å². The summed E-state index contributed by atoms with van der Waals surface area (Å²) in [6.07, 6.45) is 5.30. The number of aromatic amines is 1. The SMILES string of the molecule is CCc1nc(CN2C[C@H]3CCC[C@](O)(CC)[C@H]3C2)c(C)[nH]1. The lowest BCUT2D eigenvalue weighted by Gasteiger charge is -2.40. The maximum absolute atomic E-state index is 10.9. The summed E-state index contributed by atoms with van der Waals surface area (Å²) in [4.78, 5) is 10.6. The van der Waals surface area contributed by atoms with Crippen LogP contribution in [-0.2, 0) is 13.0 Å². The van der Waals surface area contributed by atoms with E-state index in [9.17, 15) is 5.11 Å². The number of aromatic nitrogens is 2. The van der Waals surface area contributed by atoms with Gasteiger partial charge in [0.2, 0.25) is 0 Å². The largest absolute Gasteiger partial charge is 0.390 e. The average Bonchev–Trinajstić information content (AvgIpc) is 3.04. The summed E-state index contributed by atoms with van der Waals surface area (Å²) in [5.41, 5.74) is 1.96. The van der Waals surface area contributed by atoms with Gasteiger partial charge in [-0.25, -0.2) is 4.98 Å². The molecule has 1 aromatic rings. The number of nitrogens with one attached hydrogen (secondary N) is 1. The van der Waals surface area contributed by atoms with Gasteiger partial charge in [0.25, 0.3) is 0 Å². The van der Waals surface area contributed by atoms with E-state index in [1.165, 1.54) is 24.2 Å². The Bertz CT molecular complexity index is 498. The fourth-order valence-corrected chi connectivity index (χ4v) is 4.38. The molecule has 1 saturated carbocycles. The summed E-state index contributed by atoms with van der Waals surface area (Å²) in [5, 5.41) is 10.9. The molecule has 0 radical (unpaired) electrons. The van der Waals surface area contributed by atoms with Crippen LogP contribution < -0.4 is 0 Å². The van der Waals surface area contributed by atoms with E-state index in [1.54, 1.807) is 0 Å². The first-order valence-corrected chi connectivity index (χ1v) is 8.54. The third-order valence-corrected chi connectivity index (χ3v) is 5.75. The van der Waals surface area contributed by atoms with E-state index in [1.807, 2.05) is 0 Å². The van der Waals surface area contributed by atoms with Gasteiger partial charge in [0.1, 0.15) is 5.82 Å². The first-order valence-electron chi connectivity index (χ1n) is 8.54. The fourth-order valence-electron chi connectivity index (χ4n) is 4.38. The summed E-state index contributed by atoms with van der Waals surface area (Å²) in [5.74, 6) is 2.22. The zero-order valence-electron chi connectivity index (χ0n) is 13.7. The quantitative estimate of drug-likeness (QED) is 0.896. The molecule has 4 heteroatoms. The van der Waals surface area contributed by atoms with Crippen molar-refractivity contribution >= 4 is 0 Å². The molecule has 1 aliphatic carbocycles. The summed E-state index contributed by atoms with van der Waals surface area (Å²) in [6, 6.07) is 0. The maximum atomic E-state index is 10.9. The molecule has 0 unspecified atom stereocenters. The van der Waals surface area contributed by atoms with Gasteiger partial charge in [0.05, 0.1) is 11.3 Å². The van der Waals surface area contributed by atoms with Crippen molar-refractivity contribution in [2.45, 2.75) is 65.0 Å². The van der Waals surface area contributed by atoms with Crippen LogP contribution in [0.15, 0.2) is 0 Å². The van der Waals surface area contributed by atoms with Crippen LogP contribution in [0.5, 0.6) is 0 Å². The van der Waals surface area contributed by atoms with Crippen molar-refractivity contribution in [1.82, 2.24) is 14.9 Å². The number of H-pyrrole nitrogens is 1. The lowest BCUT2D eigenvalue weighted by molar-refractivity contribution is -0.0613. The lowest BCUT2D eigenvalue weighted by Crippen LogP contribution is -2.44. The molecule has 1 aromatic heterocycles. The first-order chi connectivity index (χ1) is 10.1. The summed E-state index contributed by atoms with van der Waals surface area (Å²) in [7, 11) is 0. The molecule has 2 aliphatic rings. The van der Waals surface area contributed by atoms with E-state index < -0.39 is 5.60 Å². The molecule has 3 rings (SSSR count). The highest BCUT2D eigenvalue weighted by molar-refractivity contribution is 5.14. The van der Waals surface area contributed by atoms with E-state index in [4.69, 9.17) is 4.98 Å². The first kappa shape index (κ1) is 15.0. The monoisotopic (exact) mass is 291 g/mol. The second-order valence-electron chi connectivity index (χ2n) is 7.02. The van der Waals surface area contributed by atoms with Crippen LogP contribution in [0.2, 0.25) is 0 Å². The van der Waals surface area contributed by atoms with Gasteiger partial charge in [-0.1, -0.05) is 20.3 Å². The van der Waals surface area contributed by atoms with Crippen LogP contribution in [0.25, 0.3) is 0 Å². The predicted molar refractivity (Wildman–Crippen MR) is 84.1 cm³/mol. The van der Waals surface area contributed by atoms with E-state index >= 15 is 0 Å².